The van der Waals surface area contributed by atoms with Gasteiger partial charge < -0.3 is 4.90 Å². The Morgan fingerprint density at radius 1 is 1.20 bits per heavy atom. The van der Waals surface area contributed by atoms with Crippen LogP contribution in [0.25, 0.3) is 0 Å². The Kier molecular flexibility index (Phi) is 2.80. The number of aromatic amines is 1. The smallest absolute Gasteiger partial charge is 0.293 e. The third-order valence-corrected chi connectivity index (χ3v) is 5.09. The fourth-order valence-corrected chi connectivity index (χ4v) is 3.54. The van der Waals surface area contributed by atoms with E-state index in [1.807, 2.05) is 4.90 Å². The molecule has 1 amide bonds. The van der Waals surface area contributed by atoms with Gasteiger partial charge in [0.15, 0.2) is 0 Å². The SMILES string of the molecule is CN1C2CCC1CN(C(=O)c1n[nH]c(C3CC3)n1)CC2. The summed E-state index contributed by atoms with van der Waals surface area (Å²) in [5, 5.41) is 7.05. The van der Waals surface area contributed by atoms with Gasteiger partial charge in [-0.3, -0.25) is 14.8 Å². The first-order valence-corrected chi connectivity index (χ1v) is 7.66. The summed E-state index contributed by atoms with van der Waals surface area (Å²) < 4.78 is 0. The minimum absolute atomic E-state index is 0.00546. The number of nitrogens with zero attached hydrogens (tertiary/aromatic N) is 4. The first-order valence-electron chi connectivity index (χ1n) is 7.66. The van der Waals surface area contributed by atoms with Gasteiger partial charge in [-0.2, -0.15) is 0 Å². The largest absolute Gasteiger partial charge is 0.334 e. The maximum atomic E-state index is 12.6. The van der Waals surface area contributed by atoms with Crippen molar-refractivity contribution in [3.05, 3.63) is 11.6 Å². The number of carbonyl (C=O) groups is 1. The van der Waals surface area contributed by atoms with Crippen molar-refractivity contribution >= 4 is 5.91 Å². The lowest BCUT2D eigenvalue weighted by Crippen LogP contribution is -2.40. The molecule has 108 valence electrons. The molecule has 6 heteroatoms. The molecule has 1 aliphatic carbocycles. The number of nitrogens with one attached hydrogen (secondary N) is 1. The first-order chi connectivity index (χ1) is 9.72. The van der Waals surface area contributed by atoms with Crippen LogP contribution < -0.4 is 0 Å². The summed E-state index contributed by atoms with van der Waals surface area (Å²) >= 11 is 0. The van der Waals surface area contributed by atoms with Crippen LogP contribution in [0.2, 0.25) is 0 Å². The number of aromatic nitrogens is 3. The van der Waals surface area contributed by atoms with Crippen molar-refractivity contribution in [1.82, 2.24) is 25.0 Å². The molecule has 3 aliphatic rings. The number of amides is 1. The Balaban J connectivity index is 1.49. The second kappa shape index (κ2) is 4.55. The zero-order valence-corrected chi connectivity index (χ0v) is 11.9. The van der Waals surface area contributed by atoms with E-state index < -0.39 is 0 Å². The number of hydrogen-bond acceptors (Lipinski definition) is 4. The molecule has 0 aromatic carbocycles. The van der Waals surface area contributed by atoms with Crippen LogP contribution in [0.5, 0.6) is 0 Å². The summed E-state index contributed by atoms with van der Waals surface area (Å²) in [6.45, 7) is 1.65. The molecule has 6 nitrogen and oxygen atoms in total. The zero-order chi connectivity index (χ0) is 13.7. The van der Waals surface area contributed by atoms with Crippen LogP contribution in [-0.4, -0.2) is 63.1 Å². The van der Waals surface area contributed by atoms with E-state index in [9.17, 15) is 4.79 Å². The van der Waals surface area contributed by atoms with E-state index in [0.29, 0.717) is 23.8 Å². The van der Waals surface area contributed by atoms with E-state index >= 15 is 0 Å². The number of likely N-dealkylation sites (N-methyl/N-ethyl adjacent to an activating group) is 1. The molecule has 3 heterocycles. The number of carbonyl (C=O) groups excluding carboxylic acids is 1. The lowest BCUT2D eigenvalue weighted by molar-refractivity contribution is 0.0728. The third kappa shape index (κ3) is 2.02. The quantitative estimate of drug-likeness (QED) is 0.874. The van der Waals surface area contributed by atoms with Gasteiger partial charge in [-0.15, -0.1) is 5.10 Å². The van der Waals surface area contributed by atoms with E-state index in [1.165, 1.54) is 25.7 Å². The number of likely N-dealkylation sites (tertiary alicyclic amines) is 1. The maximum absolute atomic E-state index is 12.6. The van der Waals surface area contributed by atoms with Crippen molar-refractivity contribution in [2.45, 2.75) is 50.1 Å². The Morgan fingerprint density at radius 3 is 2.80 bits per heavy atom. The minimum atomic E-state index is -0.00546. The molecule has 3 fully saturated rings. The van der Waals surface area contributed by atoms with Crippen LogP contribution in [-0.2, 0) is 0 Å². The average Bonchev–Trinajstić information content (AvgIpc) is 3.09. The Bertz CT molecular complexity index is 523. The van der Waals surface area contributed by atoms with Gasteiger partial charge in [0.25, 0.3) is 5.91 Å². The molecule has 0 spiro atoms. The fourth-order valence-electron chi connectivity index (χ4n) is 3.54. The predicted octanol–water partition coefficient (Wildman–Crippen LogP) is 0.991. The molecular formula is C14H21N5O. The number of rotatable bonds is 2. The van der Waals surface area contributed by atoms with Gasteiger partial charge in [-0.1, -0.05) is 0 Å². The summed E-state index contributed by atoms with van der Waals surface area (Å²) in [4.78, 5) is 21.3. The van der Waals surface area contributed by atoms with Crippen molar-refractivity contribution in [2.75, 3.05) is 20.1 Å². The Labute approximate surface area is 118 Å². The van der Waals surface area contributed by atoms with Crippen molar-refractivity contribution in [1.29, 1.82) is 0 Å². The summed E-state index contributed by atoms with van der Waals surface area (Å²) in [6.07, 6.45) is 5.88. The molecule has 0 radical (unpaired) electrons. The van der Waals surface area contributed by atoms with E-state index in [-0.39, 0.29) is 5.91 Å². The zero-order valence-electron chi connectivity index (χ0n) is 11.9. The van der Waals surface area contributed by atoms with Gasteiger partial charge in [0, 0.05) is 31.1 Å². The highest BCUT2D eigenvalue weighted by atomic mass is 16.2. The summed E-state index contributed by atoms with van der Waals surface area (Å²) in [5.41, 5.74) is 0. The molecule has 1 aromatic rings. The molecule has 2 bridgehead atoms. The molecule has 1 N–H and O–H groups in total. The maximum Gasteiger partial charge on any atom is 0.293 e. The molecular weight excluding hydrogens is 254 g/mol. The second-order valence-corrected chi connectivity index (χ2v) is 6.41. The van der Waals surface area contributed by atoms with E-state index in [4.69, 9.17) is 0 Å². The van der Waals surface area contributed by atoms with Gasteiger partial charge in [0.2, 0.25) is 5.82 Å². The molecule has 20 heavy (non-hydrogen) atoms. The van der Waals surface area contributed by atoms with Gasteiger partial charge in [0.05, 0.1) is 0 Å². The summed E-state index contributed by atoms with van der Waals surface area (Å²) in [7, 11) is 2.19. The fraction of sp³-hybridized carbons (Fsp3) is 0.786. The van der Waals surface area contributed by atoms with Gasteiger partial charge in [0.1, 0.15) is 5.82 Å². The van der Waals surface area contributed by atoms with Crippen LogP contribution in [0.1, 0.15) is 54.5 Å². The normalized spacial score (nSPS) is 30.6. The minimum Gasteiger partial charge on any atom is -0.334 e. The van der Waals surface area contributed by atoms with E-state index in [1.54, 1.807) is 0 Å². The van der Waals surface area contributed by atoms with Crippen LogP contribution in [0.15, 0.2) is 0 Å². The highest BCUT2D eigenvalue weighted by molar-refractivity contribution is 5.90. The Morgan fingerprint density at radius 2 is 2.00 bits per heavy atom. The summed E-state index contributed by atoms with van der Waals surface area (Å²) in [5.74, 6) is 1.75. The topological polar surface area (TPSA) is 65.1 Å². The van der Waals surface area contributed by atoms with Crippen molar-refractivity contribution in [3.8, 4) is 0 Å². The van der Waals surface area contributed by atoms with E-state index in [0.717, 1.165) is 25.3 Å². The molecule has 1 aromatic heterocycles. The van der Waals surface area contributed by atoms with Crippen LogP contribution in [0.4, 0.5) is 0 Å². The number of hydrogen-bond donors (Lipinski definition) is 1. The van der Waals surface area contributed by atoms with Gasteiger partial charge in [-0.05, 0) is 39.2 Å². The van der Waals surface area contributed by atoms with Crippen LogP contribution >= 0.6 is 0 Å². The van der Waals surface area contributed by atoms with Crippen molar-refractivity contribution in [2.24, 2.45) is 0 Å². The molecule has 2 unspecified atom stereocenters. The van der Waals surface area contributed by atoms with E-state index in [2.05, 4.69) is 27.1 Å². The van der Waals surface area contributed by atoms with Gasteiger partial charge in [-0.25, -0.2) is 4.98 Å². The average molecular weight is 275 g/mol. The predicted molar refractivity (Wildman–Crippen MR) is 73.5 cm³/mol. The monoisotopic (exact) mass is 275 g/mol. The first kappa shape index (κ1) is 12.3. The van der Waals surface area contributed by atoms with Crippen LogP contribution in [0, 0.1) is 0 Å². The lowest BCUT2D eigenvalue weighted by atomic mass is 10.1. The van der Waals surface area contributed by atoms with Crippen molar-refractivity contribution in [3.63, 3.8) is 0 Å². The third-order valence-electron chi connectivity index (χ3n) is 5.09. The van der Waals surface area contributed by atoms with Crippen molar-refractivity contribution < 1.29 is 4.79 Å². The molecule has 4 rings (SSSR count). The number of fused-ring (bicyclic) bond motifs is 2. The molecule has 2 saturated heterocycles. The molecule has 2 aliphatic heterocycles. The highest BCUT2D eigenvalue weighted by Gasteiger charge is 2.37. The van der Waals surface area contributed by atoms with Gasteiger partial charge >= 0.3 is 0 Å². The second-order valence-electron chi connectivity index (χ2n) is 6.41. The molecule has 2 atom stereocenters. The molecule has 1 saturated carbocycles. The highest BCUT2D eigenvalue weighted by Crippen LogP contribution is 2.37. The number of H-pyrrole nitrogens is 1. The van der Waals surface area contributed by atoms with Crippen LogP contribution in [0.3, 0.4) is 0 Å². The summed E-state index contributed by atoms with van der Waals surface area (Å²) in [6, 6.07) is 1.15. The lowest BCUT2D eigenvalue weighted by Gasteiger charge is -2.24. The standard InChI is InChI=1S/C14H21N5O/c1-18-10-4-5-11(18)8-19(7-6-10)14(20)13-15-12(16-17-13)9-2-3-9/h9-11H,2-8H2,1H3,(H,15,16,17). The Hall–Kier alpha value is -1.43.